The molecule has 0 aliphatic carbocycles. The Labute approximate surface area is 88.3 Å². The molecule has 0 aliphatic heterocycles. The molecule has 0 bridgehead atoms. The molecule has 0 saturated heterocycles. The number of rotatable bonds is 7. The van der Waals surface area contributed by atoms with E-state index in [4.69, 9.17) is 9.47 Å². The zero-order valence-electron chi connectivity index (χ0n) is 10.2. The molecule has 0 aliphatic rings. The van der Waals surface area contributed by atoms with Gasteiger partial charge in [0.25, 0.3) is 0 Å². The van der Waals surface area contributed by atoms with Crippen molar-refractivity contribution < 1.29 is 9.47 Å². The molecule has 1 atom stereocenters. The van der Waals surface area contributed by atoms with Crippen molar-refractivity contribution in [3.05, 3.63) is 12.2 Å². The van der Waals surface area contributed by atoms with Gasteiger partial charge in [-0.2, -0.15) is 0 Å². The van der Waals surface area contributed by atoms with Crippen LogP contribution < -0.4 is 0 Å². The summed E-state index contributed by atoms with van der Waals surface area (Å²) in [4.78, 5) is 0. The molecular formula is C12H24O2. The Hall–Kier alpha value is -0.340. The van der Waals surface area contributed by atoms with E-state index in [0.717, 1.165) is 19.3 Å². The lowest BCUT2D eigenvalue weighted by atomic mass is 10.1. The lowest BCUT2D eigenvalue weighted by Gasteiger charge is -2.33. The smallest absolute Gasteiger partial charge is 0.171 e. The highest BCUT2D eigenvalue weighted by molar-refractivity contribution is 4.86. The molecule has 0 amide bonds. The van der Waals surface area contributed by atoms with E-state index in [2.05, 4.69) is 13.0 Å². The van der Waals surface area contributed by atoms with Crippen LogP contribution in [0.1, 0.15) is 47.0 Å². The van der Waals surface area contributed by atoms with Crippen molar-refractivity contribution >= 4 is 0 Å². The first-order chi connectivity index (χ1) is 6.60. The van der Waals surface area contributed by atoms with Gasteiger partial charge in [-0.25, -0.2) is 0 Å². The van der Waals surface area contributed by atoms with Gasteiger partial charge in [0, 0.05) is 20.0 Å². The molecular weight excluding hydrogens is 176 g/mol. The molecule has 0 heterocycles. The van der Waals surface area contributed by atoms with Crippen LogP contribution in [0.5, 0.6) is 0 Å². The summed E-state index contributed by atoms with van der Waals surface area (Å²) >= 11 is 0. The Morgan fingerprint density at radius 1 is 1.36 bits per heavy atom. The lowest BCUT2D eigenvalue weighted by Crippen LogP contribution is -2.36. The Bertz CT molecular complexity index is 164. The van der Waals surface area contributed by atoms with Crippen molar-refractivity contribution in [2.24, 2.45) is 0 Å². The fraction of sp³-hybridized carbons (Fsp3) is 0.833. The average molecular weight is 200 g/mol. The van der Waals surface area contributed by atoms with Gasteiger partial charge in [-0.05, 0) is 20.8 Å². The topological polar surface area (TPSA) is 18.5 Å². The van der Waals surface area contributed by atoms with E-state index in [1.54, 1.807) is 7.11 Å². The summed E-state index contributed by atoms with van der Waals surface area (Å²) in [7, 11) is 1.72. The summed E-state index contributed by atoms with van der Waals surface area (Å²) in [5, 5.41) is 0. The van der Waals surface area contributed by atoms with Gasteiger partial charge in [0.2, 0.25) is 0 Å². The maximum absolute atomic E-state index is 5.86. The zero-order chi connectivity index (χ0) is 11.0. The fourth-order valence-electron chi connectivity index (χ4n) is 1.55. The summed E-state index contributed by atoms with van der Waals surface area (Å²) in [5.74, 6) is -0.421. The second kappa shape index (κ2) is 7.02. The highest BCUT2D eigenvalue weighted by atomic mass is 16.7. The third kappa shape index (κ3) is 4.77. The van der Waals surface area contributed by atoms with E-state index < -0.39 is 5.79 Å². The molecule has 2 heteroatoms. The summed E-state index contributed by atoms with van der Waals surface area (Å²) in [6.45, 7) is 8.24. The van der Waals surface area contributed by atoms with Crippen LogP contribution in [0.4, 0.5) is 0 Å². The molecule has 0 aromatic carbocycles. The number of hydrogen-bond donors (Lipinski definition) is 0. The largest absolute Gasteiger partial charge is 0.353 e. The highest BCUT2D eigenvalue weighted by Crippen LogP contribution is 2.25. The van der Waals surface area contributed by atoms with Crippen LogP contribution in [0.25, 0.3) is 0 Å². The van der Waals surface area contributed by atoms with E-state index in [9.17, 15) is 0 Å². The third-order valence-electron chi connectivity index (χ3n) is 2.12. The molecule has 2 nitrogen and oxygen atoms in total. The van der Waals surface area contributed by atoms with Crippen LogP contribution in [-0.2, 0) is 9.47 Å². The maximum Gasteiger partial charge on any atom is 0.171 e. The average Bonchev–Trinajstić information content (AvgIpc) is 2.14. The molecule has 0 fully saturated rings. The molecule has 14 heavy (non-hydrogen) atoms. The van der Waals surface area contributed by atoms with Crippen molar-refractivity contribution in [3.8, 4) is 0 Å². The SMILES string of the molecule is CC=CCC(CCC)(OC)OC(C)C. The van der Waals surface area contributed by atoms with Crippen molar-refractivity contribution in [2.45, 2.75) is 58.8 Å². The number of methoxy groups -OCH3 is 1. The third-order valence-corrected chi connectivity index (χ3v) is 2.12. The van der Waals surface area contributed by atoms with Crippen molar-refractivity contribution in [3.63, 3.8) is 0 Å². The molecule has 0 aromatic heterocycles. The van der Waals surface area contributed by atoms with Gasteiger partial charge in [0.1, 0.15) is 0 Å². The van der Waals surface area contributed by atoms with Gasteiger partial charge in [-0.3, -0.25) is 0 Å². The number of ether oxygens (including phenoxy) is 2. The predicted octanol–water partition coefficient (Wildman–Crippen LogP) is 3.52. The summed E-state index contributed by atoms with van der Waals surface area (Å²) in [6.07, 6.45) is 7.16. The van der Waals surface area contributed by atoms with Crippen molar-refractivity contribution in [1.82, 2.24) is 0 Å². The van der Waals surface area contributed by atoms with Crippen LogP contribution >= 0.6 is 0 Å². The first-order valence-electron chi connectivity index (χ1n) is 5.44. The van der Waals surface area contributed by atoms with Crippen LogP contribution in [0.2, 0.25) is 0 Å². The normalized spacial score (nSPS) is 16.4. The van der Waals surface area contributed by atoms with E-state index in [-0.39, 0.29) is 6.10 Å². The second-order valence-corrected chi connectivity index (χ2v) is 3.80. The quantitative estimate of drug-likeness (QED) is 0.462. The molecule has 0 radical (unpaired) electrons. The van der Waals surface area contributed by atoms with E-state index in [1.165, 1.54) is 0 Å². The highest BCUT2D eigenvalue weighted by Gasteiger charge is 2.29. The molecule has 0 saturated carbocycles. The minimum atomic E-state index is -0.421. The molecule has 0 N–H and O–H groups in total. The summed E-state index contributed by atoms with van der Waals surface area (Å²) < 4.78 is 11.4. The summed E-state index contributed by atoms with van der Waals surface area (Å²) in [6, 6.07) is 0. The summed E-state index contributed by atoms with van der Waals surface area (Å²) in [5.41, 5.74) is 0. The fourth-order valence-corrected chi connectivity index (χ4v) is 1.55. The number of hydrogen-bond acceptors (Lipinski definition) is 2. The minimum absolute atomic E-state index is 0.201. The first kappa shape index (κ1) is 13.7. The van der Waals surface area contributed by atoms with Crippen LogP contribution in [0, 0.1) is 0 Å². The van der Waals surface area contributed by atoms with Crippen LogP contribution in [-0.4, -0.2) is 19.0 Å². The Kier molecular flexibility index (Phi) is 6.85. The van der Waals surface area contributed by atoms with E-state index >= 15 is 0 Å². The first-order valence-corrected chi connectivity index (χ1v) is 5.44. The maximum atomic E-state index is 5.86. The molecule has 0 aromatic rings. The monoisotopic (exact) mass is 200 g/mol. The van der Waals surface area contributed by atoms with Gasteiger partial charge in [-0.1, -0.05) is 25.5 Å². The van der Waals surface area contributed by atoms with Gasteiger partial charge >= 0.3 is 0 Å². The molecule has 0 rings (SSSR count). The minimum Gasteiger partial charge on any atom is -0.353 e. The standard InChI is InChI=1S/C12H24O2/c1-6-8-10-12(13-5,9-7-2)14-11(3)4/h6,8,11H,7,9-10H2,1-5H3. The lowest BCUT2D eigenvalue weighted by molar-refractivity contribution is -0.241. The second-order valence-electron chi connectivity index (χ2n) is 3.80. The van der Waals surface area contributed by atoms with Crippen molar-refractivity contribution in [1.29, 1.82) is 0 Å². The van der Waals surface area contributed by atoms with Gasteiger partial charge in [0.05, 0.1) is 6.10 Å². The van der Waals surface area contributed by atoms with Crippen LogP contribution in [0.3, 0.4) is 0 Å². The van der Waals surface area contributed by atoms with Gasteiger partial charge < -0.3 is 9.47 Å². The van der Waals surface area contributed by atoms with Gasteiger partial charge in [0.15, 0.2) is 5.79 Å². The van der Waals surface area contributed by atoms with E-state index in [1.807, 2.05) is 26.8 Å². The Morgan fingerprint density at radius 3 is 2.36 bits per heavy atom. The van der Waals surface area contributed by atoms with Crippen LogP contribution in [0.15, 0.2) is 12.2 Å². The molecule has 84 valence electrons. The Balaban J connectivity index is 4.41. The van der Waals surface area contributed by atoms with Crippen molar-refractivity contribution in [2.75, 3.05) is 7.11 Å². The van der Waals surface area contributed by atoms with E-state index in [0.29, 0.717) is 0 Å². The predicted molar refractivity (Wildman–Crippen MR) is 60.3 cm³/mol. The number of allylic oxidation sites excluding steroid dienone is 1. The molecule has 0 spiro atoms. The zero-order valence-corrected chi connectivity index (χ0v) is 10.2. The molecule has 1 unspecified atom stereocenters. The Morgan fingerprint density at radius 2 is 2.00 bits per heavy atom. The van der Waals surface area contributed by atoms with Gasteiger partial charge in [-0.15, -0.1) is 0 Å².